The lowest BCUT2D eigenvalue weighted by atomic mass is 9.98. The maximum atomic E-state index is 2.46. The summed E-state index contributed by atoms with van der Waals surface area (Å²) in [5, 5.41) is 4.86. The van der Waals surface area contributed by atoms with Crippen LogP contribution in [0.2, 0.25) is 0 Å². The zero-order valence-corrected chi connectivity index (χ0v) is 29.7. The molecule has 1 heterocycles. The molecule has 1 aromatic heterocycles. The highest BCUT2D eigenvalue weighted by molar-refractivity contribution is 6.11. The van der Waals surface area contributed by atoms with E-state index in [0.29, 0.717) is 0 Å². The smallest absolute Gasteiger partial charge is 0.0562 e. The van der Waals surface area contributed by atoms with Crippen LogP contribution in [0.1, 0.15) is 0 Å². The SMILES string of the molecule is c1ccc(-c2cccc(-c3ccccc3-n3c4ccccc4c4ccc(N(c5ccccc5-c5ccccc5)c5cccc6ccccc56)cc43)c2)cc1. The van der Waals surface area contributed by atoms with E-state index in [1.54, 1.807) is 0 Å². The number of aromatic nitrogens is 1. The van der Waals surface area contributed by atoms with E-state index in [4.69, 9.17) is 0 Å². The second kappa shape index (κ2) is 13.4. The van der Waals surface area contributed by atoms with Crippen molar-refractivity contribution in [3.8, 4) is 39.1 Å². The predicted molar refractivity (Wildman–Crippen MR) is 229 cm³/mol. The Kier molecular flexibility index (Phi) is 7.85. The van der Waals surface area contributed by atoms with Crippen molar-refractivity contribution in [2.75, 3.05) is 4.90 Å². The second-order valence-corrected chi connectivity index (χ2v) is 13.7. The molecule has 10 aromatic rings. The Bertz CT molecular complexity index is 2930. The molecular formula is C52H36N2. The van der Waals surface area contributed by atoms with Gasteiger partial charge in [0.15, 0.2) is 0 Å². The molecule has 0 fully saturated rings. The molecule has 54 heavy (non-hydrogen) atoms. The van der Waals surface area contributed by atoms with E-state index in [9.17, 15) is 0 Å². The molecule has 2 nitrogen and oxygen atoms in total. The van der Waals surface area contributed by atoms with Gasteiger partial charge >= 0.3 is 0 Å². The van der Waals surface area contributed by atoms with Gasteiger partial charge in [0.05, 0.1) is 28.1 Å². The Labute approximate surface area is 315 Å². The van der Waals surface area contributed by atoms with Crippen molar-refractivity contribution in [3.63, 3.8) is 0 Å². The van der Waals surface area contributed by atoms with Gasteiger partial charge in [-0.3, -0.25) is 0 Å². The summed E-state index contributed by atoms with van der Waals surface area (Å²) in [6, 6.07) is 78.9. The lowest BCUT2D eigenvalue weighted by molar-refractivity contribution is 1.18. The summed E-state index contributed by atoms with van der Waals surface area (Å²) < 4.78 is 2.46. The molecule has 0 saturated heterocycles. The largest absolute Gasteiger partial charge is 0.309 e. The summed E-state index contributed by atoms with van der Waals surface area (Å²) in [7, 11) is 0. The van der Waals surface area contributed by atoms with Crippen LogP contribution >= 0.6 is 0 Å². The quantitative estimate of drug-likeness (QED) is 0.162. The number of benzene rings is 9. The fraction of sp³-hybridized carbons (Fsp3) is 0. The highest BCUT2D eigenvalue weighted by atomic mass is 15.1. The van der Waals surface area contributed by atoms with E-state index >= 15 is 0 Å². The van der Waals surface area contributed by atoms with Crippen LogP contribution < -0.4 is 4.90 Å². The molecular weight excluding hydrogens is 653 g/mol. The van der Waals surface area contributed by atoms with Crippen LogP contribution in [-0.4, -0.2) is 4.57 Å². The molecule has 0 spiro atoms. The minimum Gasteiger partial charge on any atom is -0.309 e. The Hall–Kier alpha value is -7.16. The summed E-state index contributed by atoms with van der Waals surface area (Å²) >= 11 is 0. The van der Waals surface area contributed by atoms with Gasteiger partial charge in [-0.15, -0.1) is 0 Å². The van der Waals surface area contributed by atoms with Crippen molar-refractivity contribution >= 4 is 49.6 Å². The van der Waals surface area contributed by atoms with Gasteiger partial charge in [0.1, 0.15) is 0 Å². The first-order valence-electron chi connectivity index (χ1n) is 18.5. The number of hydrogen-bond donors (Lipinski definition) is 0. The highest BCUT2D eigenvalue weighted by Gasteiger charge is 2.22. The van der Waals surface area contributed by atoms with Crippen molar-refractivity contribution in [1.29, 1.82) is 0 Å². The lowest BCUT2D eigenvalue weighted by Crippen LogP contribution is -2.12. The molecule has 0 atom stereocenters. The Morgan fingerprint density at radius 1 is 0.315 bits per heavy atom. The molecule has 0 amide bonds. The molecule has 0 unspecified atom stereocenters. The van der Waals surface area contributed by atoms with E-state index in [1.807, 2.05) is 0 Å². The van der Waals surface area contributed by atoms with Crippen molar-refractivity contribution < 1.29 is 0 Å². The first kappa shape index (κ1) is 31.6. The molecule has 0 radical (unpaired) electrons. The van der Waals surface area contributed by atoms with E-state index in [0.717, 1.165) is 28.3 Å². The molecule has 254 valence electrons. The van der Waals surface area contributed by atoms with Crippen LogP contribution in [0.4, 0.5) is 17.1 Å². The average molecular weight is 689 g/mol. The third-order valence-corrected chi connectivity index (χ3v) is 10.6. The van der Waals surface area contributed by atoms with Gasteiger partial charge in [-0.05, 0) is 70.1 Å². The van der Waals surface area contributed by atoms with Crippen LogP contribution in [0.25, 0.3) is 71.6 Å². The van der Waals surface area contributed by atoms with Crippen molar-refractivity contribution in [1.82, 2.24) is 4.57 Å². The van der Waals surface area contributed by atoms with Crippen LogP contribution in [-0.2, 0) is 0 Å². The van der Waals surface area contributed by atoms with Crippen LogP contribution in [0.15, 0.2) is 218 Å². The third-order valence-electron chi connectivity index (χ3n) is 10.6. The second-order valence-electron chi connectivity index (χ2n) is 13.7. The van der Waals surface area contributed by atoms with Gasteiger partial charge in [0, 0.05) is 33.0 Å². The molecule has 2 heteroatoms. The van der Waals surface area contributed by atoms with Gasteiger partial charge < -0.3 is 9.47 Å². The van der Waals surface area contributed by atoms with E-state index in [2.05, 4.69) is 228 Å². The number of fused-ring (bicyclic) bond motifs is 4. The molecule has 0 bridgehead atoms. The molecule has 0 aliphatic rings. The van der Waals surface area contributed by atoms with E-state index in [-0.39, 0.29) is 0 Å². The van der Waals surface area contributed by atoms with E-state index in [1.165, 1.54) is 60.4 Å². The lowest BCUT2D eigenvalue weighted by Gasteiger charge is -2.29. The summed E-state index contributed by atoms with van der Waals surface area (Å²) in [6.07, 6.45) is 0. The number of nitrogens with zero attached hydrogens (tertiary/aromatic N) is 2. The van der Waals surface area contributed by atoms with Gasteiger partial charge in [0.2, 0.25) is 0 Å². The highest BCUT2D eigenvalue weighted by Crippen LogP contribution is 2.45. The molecule has 0 aliphatic heterocycles. The van der Waals surface area contributed by atoms with Crippen LogP contribution in [0, 0.1) is 0 Å². The fourth-order valence-corrected chi connectivity index (χ4v) is 8.11. The number of para-hydroxylation sites is 3. The van der Waals surface area contributed by atoms with Crippen LogP contribution in [0.3, 0.4) is 0 Å². The summed E-state index contributed by atoms with van der Waals surface area (Å²) in [5.41, 5.74) is 14.0. The first-order chi connectivity index (χ1) is 26.8. The topological polar surface area (TPSA) is 8.17 Å². The Morgan fingerprint density at radius 2 is 0.889 bits per heavy atom. The standard InChI is InChI=1S/C52H36N2/c1-3-17-37(18-4-1)40-23-15-24-41(35-40)45-27-10-13-30-50(45)54-51-31-14-11-28-46(51)47-34-33-42(36-52(47)54)53(49-32-16-22-39-21-7-8-25-44(39)49)48-29-12-9-26-43(48)38-19-5-2-6-20-38/h1-36H. The summed E-state index contributed by atoms with van der Waals surface area (Å²) in [4.78, 5) is 2.45. The van der Waals surface area contributed by atoms with E-state index < -0.39 is 0 Å². The van der Waals surface area contributed by atoms with Gasteiger partial charge in [-0.25, -0.2) is 0 Å². The molecule has 10 rings (SSSR count). The summed E-state index contributed by atoms with van der Waals surface area (Å²) in [5.74, 6) is 0. The van der Waals surface area contributed by atoms with Crippen molar-refractivity contribution in [2.24, 2.45) is 0 Å². The van der Waals surface area contributed by atoms with Crippen LogP contribution in [0.5, 0.6) is 0 Å². The predicted octanol–water partition coefficient (Wildman–Crippen LogP) is 14.4. The maximum Gasteiger partial charge on any atom is 0.0562 e. The summed E-state index contributed by atoms with van der Waals surface area (Å²) in [6.45, 7) is 0. The fourth-order valence-electron chi connectivity index (χ4n) is 8.11. The third kappa shape index (κ3) is 5.44. The maximum absolute atomic E-state index is 2.46. The van der Waals surface area contributed by atoms with Gasteiger partial charge in [0.25, 0.3) is 0 Å². The minimum absolute atomic E-state index is 1.09. The van der Waals surface area contributed by atoms with Gasteiger partial charge in [-0.1, -0.05) is 176 Å². The zero-order valence-electron chi connectivity index (χ0n) is 29.7. The average Bonchev–Trinajstić information content (AvgIpc) is 3.58. The number of rotatable bonds is 7. The number of anilines is 3. The molecule has 0 aliphatic carbocycles. The van der Waals surface area contributed by atoms with Gasteiger partial charge in [-0.2, -0.15) is 0 Å². The van der Waals surface area contributed by atoms with Crippen molar-refractivity contribution in [3.05, 3.63) is 218 Å². The zero-order chi connectivity index (χ0) is 35.8. The monoisotopic (exact) mass is 688 g/mol. The Morgan fingerprint density at radius 3 is 1.74 bits per heavy atom. The first-order valence-corrected chi connectivity index (χ1v) is 18.5. The number of hydrogen-bond acceptors (Lipinski definition) is 1. The molecule has 0 saturated carbocycles. The Balaban J connectivity index is 1.23. The molecule has 0 N–H and O–H groups in total. The normalized spacial score (nSPS) is 11.3. The minimum atomic E-state index is 1.09. The van der Waals surface area contributed by atoms with Crippen molar-refractivity contribution in [2.45, 2.75) is 0 Å². The molecule has 9 aromatic carbocycles.